The molecule has 0 saturated carbocycles. The molecule has 10 nitrogen and oxygen atoms in total. The lowest BCUT2D eigenvalue weighted by Gasteiger charge is -2.39. The van der Waals surface area contributed by atoms with Gasteiger partial charge in [-0.05, 0) is 43.3 Å². The second-order valence-corrected chi connectivity index (χ2v) is 8.40. The molecule has 1 fully saturated rings. The molecule has 0 radical (unpaired) electrons. The highest BCUT2D eigenvalue weighted by atomic mass is 19.1. The predicted molar refractivity (Wildman–Crippen MR) is 129 cm³/mol. The maximum absolute atomic E-state index is 14.0. The number of hydrogen-bond donors (Lipinski definition) is 1. The molecule has 0 aliphatic carbocycles. The van der Waals surface area contributed by atoms with Crippen LogP contribution in [0, 0.1) is 11.6 Å². The van der Waals surface area contributed by atoms with Crippen LogP contribution in [0.25, 0.3) is 5.69 Å². The molecule has 2 aromatic heterocycles. The fraction of sp³-hybridized carbons (Fsp3) is 0.292. The van der Waals surface area contributed by atoms with E-state index in [0.29, 0.717) is 48.5 Å². The summed E-state index contributed by atoms with van der Waals surface area (Å²) in [6, 6.07) is 10.2. The van der Waals surface area contributed by atoms with Gasteiger partial charge in [0.15, 0.2) is 5.82 Å². The zero-order chi connectivity index (χ0) is 25.4. The monoisotopic (exact) mass is 497 g/mol. The standard InChI is InChI=1S/C24H25F2N7O3/c1-3-35-17-11-31(12-17)22-21(27)23(30(2)29-22)36-16-9-7-15(8-10-16)33-24(34)32(14-28-33)13-18-19(25)5-4-6-20(18)26/h4-10,14,17H,3,11-13,27H2,1-2H3. The fourth-order valence-corrected chi connectivity index (χ4v) is 4.06. The summed E-state index contributed by atoms with van der Waals surface area (Å²) in [7, 11) is 1.74. The first-order chi connectivity index (χ1) is 17.4. The number of hydrogen-bond acceptors (Lipinski definition) is 7. The van der Waals surface area contributed by atoms with Gasteiger partial charge in [0.05, 0.1) is 18.3 Å². The Morgan fingerprint density at radius 1 is 1.11 bits per heavy atom. The van der Waals surface area contributed by atoms with Gasteiger partial charge in [-0.2, -0.15) is 9.78 Å². The number of nitrogens with zero attached hydrogens (tertiary/aromatic N) is 6. The van der Waals surface area contributed by atoms with Crippen LogP contribution in [0.3, 0.4) is 0 Å². The SMILES string of the molecule is CCOC1CN(c2nn(C)c(Oc3ccc(-n4ncn(Cc5c(F)cccc5F)c4=O)cc3)c2N)C1. The Balaban J connectivity index is 1.30. The largest absolute Gasteiger partial charge is 0.437 e. The molecule has 5 rings (SSSR count). The predicted octanol–water partition coefficient (Wildman–Crippen LogP) is 2.69. The van der Waals surface area contributed by atoms with Crippen molar-refractivity contribution in [2.75, 3.05) is 30.3 Å². The van der Waals surface area contributed by atoms with E-state index < -0.39 is 17.3 Å². The van der Waals surface area contributed by atoms with Crippen molar-refractivity contribution in [3.63, 3.8) is 0 Å². The molecule has 1 aliphatic heterocycles. The third-order valence-electron chi connectivity index (χ3n) is 5.98. The molecule has 2 N–H and O–H groups in total. The molecule has 188 valence electrons. The molecule has 0 spiro atoms. The number of anilines is 2. The van der Waals surface area contributed by atoms with E-state index in [9.17, 15) is 13.6 Å². The second-order valence-electron chi connectivity index (χ2n) is 8.40. The third-order valence-corrected chi connectivity index (χ3v) is 5.98. The van der Waals surface area contributed by atoms with Gasteiger partial charge in [-0.3, -0.25) is 4.57 Å². The summed E-state index contributed by atoms with van der Waals surface area (Å²) in [4.78, 5) is 14.8. The zero-order valence-electron chi connectivity index (χ0n) is 19.8. The maximum atomic E-state index is 14.0. The highest BCUT2D eigenvalue weighted by molar-refractivity contribution is 5.70. The van der Waals surface area contributed by atoms with E-state index in [-0.39, 0.29) is 18.2 Å². The number of rotatable bonds is 8. The van der Waals surface area contributed by atoms with Crippen molar-refractivity contribution in [3.05, 3.63) is 76.5 Å². The van der Waals surface area contributed by atoms with E-state index in [2.05, 4.69) is 10.2 Å². The van der Waals surface area contributed by atoms with Crippen molar-refractivity contribution >= 4 is 11.5 Å². The first-order valence-electron chi connectivity index (χ1n) is 11.4. The molecular formula is C24H25F2N7O3. The van der Waals surface area contributed by atoms with Crippen molar-refractivity contribution in [2.24, 2.45) is 7.05 Å². The zero-order valence-corrected chi connectivity index (χ0v) is 19.8. The Hall–Kier alpha value is -4.19. The molecule has 0 atom stereocenters. The Morgan fingerprint density at radius 2 is 1.81 bits per heavy atom. The Labute approximate surface area is 205 Å². The van der Waals surface area contributed by atoms with Gasteiger partial charge in [0.2, 0.25) is 5.88 Å². The Bertz CT molecular complexity index is 1420. The summed E-state index contributed by atoms with van der Waals surface area (Å²) < 4.78 is 43.3. The van der Waals surface area contributed by atoms with Crippen molar-refractivity contribution in [2.45, 2.75) is 19.6 Å². The number of benzene rings is 2. The average Bonchev–Trinajstić information content (AvgIpc) is 3.33. The summed E-state index contributed by atoms with van der Waals surface area (Å²) in [5.41, 5.74) is 6.45. The van der Waals surface area contributed by atoms with Gasteiger partial charge in [0, 0.05) is 32.3 Å². The molecule has 0 amide bonds. The quantitative estimate of drug-likeness (QED) is 0.399. The normalized spacial score (nSPS) is 13.7. The second kappa shape index (κ2) is 9.46. The van der Waals surface area contributed by atoms with E-state index in [4.69, 9.17) is 15.2 Å². The molecular weight excluding hydrogens is 472 g/mol. The van der Waals surface area contributed by atoms with Gasteiger partial charge >= 0.3 is 5.69 Å². The first-order valence-corrected chi connectivity index (χ1v) is 11.4. The number of ether oxygens (including phenoxy) is 2. The van der Waals surface area contributed by atoms with Gasteiger partial charge in [0.25, 0.3) is 0 Å². The molecule has 0 unspecified atom stereocenters. The number of nitrogens with two attached hydrogens (primary N) is 1. The van der Waals surface area contributed by atoms with Crippen molar-refractivity contribution in [1.82, 2.24) is 24.1 Å². The lowest BCUT2D eigenvalue weighted by Crippen LogP contribution is -2.52. The summed E-state index contributed by atoms with van der Waals surface area (Å²) in [5, 5.41) is 8.55. The van der Waals surface area contributed by atoms with Gasteiger partial charge in [-0.15, -0.1) is 5.10 Å². The first kappa shape index (κ1) is 23.5. The van der Waals surface area contributed by atoms with Crippen LogP contribution < -0.4 is 21.1 Å². The van der Waals surface area contributed by atoms with E-state index in [1.807, 2.05) is 11.8 Å². The van der Waals surface area contributed by atoms with Crippen LogP contribution in [-0.2, 0) is 18.3 Å². The van der Waals surface area contributed by atoms with Crippen molar-refractivity contribution < 1.29 is 18.3 Å². The van der Waals surface area contributed by atoms with E-state index in [1.165, 1.54) is 12.4 Å². The topological polar surface area (TPSA) is 105 Å². The fourth-order valence-electron chi connectivity index (χ4n) is 4.06. The van der Waals surface area contributed by atoms with Gasteiger partial charge in [-0.1, -0.05) is 6.07 Å². The van der Waals surface area contributed by atoms with Crippen LogP contribution >= 0.6 is 0 Å². The summed E-state index contributed by atoms with van der Waals surface area (Å²) >= 11 is 0. The van der Waals surface area contributed by atoms with Gasteiger partial charge in [-0.25, -0.2) is 18.3 Å². The van der Waals surface area contributed by atoms with Crippen LogP contribution in [0.5, 0.6) is 11.6 Å². The molecule has 1 saturated heterocycles. The van der Waals surface area contributed by atoms with Crippen molar-refractivity contribution in [3.8, 4) is 17.3 Å². The maximum Gasteiger partial charge on any atom is 0.350 e. The molecule has 0 bridgehead atoms. The summed E-state index contributed by atoms with van der Waals surface area (Å²) in [6.07, 6.45) is 1.41. The van der Waals surface area contributed by atoms with E-state index in [0.717, 1.165) is 21.4 Å². The third kappa shape index (κ3) is 4.31. The lowest BCUT2D eigenvalue weighted by molar-refractivity contribution is 0.0427. The molecule has 4 aromatic rings. The molecule has 1 aliphatic rings. The lowest BCUT2D eigenvalue weighted by atomic mass is 10.1. The minimum atomic E-state index is -0.725. The minimum Gasteiger partial charge on any atom is -0.437 e. The van der Waals surface area contributed by atoms with E-state index >= 15 is 0 Å². The Morgan fingerprint density at radius 3 is 2.47 bits per heavy atom. The highest BCUT2D eigenvalue weighted by Crippen LogP contribution is 2.36. The minimum absolute atomic E-state index is 0.172. The van der Waals surface area contributed by atoms with Crippen LogP contribution in [0.2, 0.25) is 0 Å². The summed E-state index contributed by atoms with van der Waals surface area (Å²) in [6.45, 7) is 3.78. The molecule has 2 aromatic carbocycles. The van der Waals surface area contributed by atoms with E-state index in [1.54, 1.807) is 36.0 Å². The highest BCUT2D eigenvalue weighted by Gasteiger charge is 2.32. The van der Waals surface area contributed by atoms with Crippen LogP contribution in [-0.4, -0.2) is 49.9 Å². The van der Waals surface area contributed by atoms with Crippen LogP contribution in [0.15, 0.2) is 53.6 Å². The molecule has 3 heterocycles. The van der Waals surface area contributed by atoms with Gasteiger partial charge < -0.3 is 20.1 Å². The van der Waals surface area contributed by atoms with Crippen LogP contribution in [0.4, 0.5) is 20.3 Å². The number of aryl methyl sites for hydroxylation is 1. The number of aromatic nitrogens is 5. The Kier molecular flexibility index (Phi) is 6.18. The summed E-state index contributed by atoms with van der Waals surface area (Å²) in [5.74, 6) is 0.0695. The number of halogens is 2. The molecule has 12 heteroatoms. The van der Waals surface area contributed by atoms with Gasteiger partial charge in [0.1, 0.15) is 29.4 Å². The van der Waals surface area contributed by atoms with Crippen LogP contribution in [0.1, 0.15) is 12.5 Å². The molecule has 36 heavy (non-hydrogen) atoms. The van der Waals surface area contributed by atoms with Crippen molar-refractivity contribution in [1.29, 1.82) is 0 Å². The smallest absolute Gasteiger partial charge is 0.350 e. The average molecular weight is 498 g/mol. The number of nitrogen functional groups attached to an aromatic ring is 1.